The standard InChI is InChI=1S/C17H15NO2S/c1-20-13-7-8-14-15(11-13)21-17(10-9-16(19)18(14)17)12-5-3-2-4-6-12/h2-8,11H,9-10H2,1H3. The Bertz CT molecular complexity index is 716. The highest BCUT2D eigenvalue weighted by Crippen LogP contribution is 2.61. The van der Waals surface area contributed by atoms with Gasteiger partial charge in [0.2, 0.25) is 5.91 Å². The SMILES string of the molecule is COc1ccc2c(c1)SC1(c3ccccc3)CCC(=O)N21. The van der Waals surface area contributed by atoms with E-state index in [2.05, 4.69) is 12.1 Å². The van der Waals surface area contributed by atoms with Crippen LogP contribution in [0, 0.1) is 0 Å². The van der Waals surface area contributed by atoms with Crippen molar-refractivity contribution in [1.29, 1.82) is 0 Å². The van der Waals surface area contributed by atoms with Gasteiger partial charge in [-0.15, -0.1) is 0 Å². The van der Waals surface area contributed by atoms with E-state index in [1.165, 1.54) is 5.56 Å². The Morgan fingerprint density at radius 3 is 2.76 bits per heavy atom. The molecule has 0 spiro atoms. The number of nitrogens with zero attached hydrogens (tertiary/aromatic N) is 1. The summed E-state index contributed by atoms with van der Waals surface area (Å²) in [4.78, 5) is 15.2. The molecule has 0 saturated carbocycles. The normalized spacial score (nSPS) is 23.1. The van der Waals surface area contributed by atoms with E-state index in [1.807, 2.05) is 41.3 Å². The fourth-order valence-corrected chi connectivity index (χ4v) is 4.78. The second kappa shape index (κ2) is 4.53. The molecule has 1 saturated heterocycles. The average molecular weight is 297 g/mol. The van der Waals surface area contributed by atoms with E-state index >= 15 is 0 Å². The van der Waals surface area contributed by atoms with Crippen molar-refractivity contribution in [3.05, 3.63) is 54.1 Å². The minimum Gasteiger partial charge on any atom is -0.497 e. The van der Waals surface area contributed by atoms with Crippen molar-refractivity contribution in [3.63, 3.8) is 0 Å². The molecule has 3 nitrogen and oxygen atoms in total. The van der Waals surface area contributed by atoms with Gasteiger partial charge in [-0.2, -0.15) is 0 Å². The van der Waals surface area contributed by atoms with Crippen molar-refractivity contribution in [1.82, 2.24) is 0 Å². The third kappa shape index (κ3) is 1.72. The van der Waals surface area contributed by atoms with Crippen LogP contribution in [-0.4, -0.2) is 13.0 Å². The van der Waals surface area contributed by atoms with Crippen LogP contribution in [0.5, 0.6) is 5.75 Å². The van der Waals surface area contributed by atoms with E-state index < -0.39 is 0 Å². The summed E-state index contributed by atoms with van der Waals surface area (Å²) < 4.78 is 5.31. The summed E-state index contributed by atoms with van der Waals surface area (Å²) in [7, 11) is 1.67. The topological polar surface area (TPSA) is 29.5 Å². The summed E-state index contributed by atoms with van der Waals surface area (Å²) in [6.45, 7) is 0. The van der Waals surface area contributed by atoms with Crippen LogP contribution in [0.3, 0.4) is 0 Å². The van der Waals surface area contributed by atoms with Gasteiger partial charge >= 0.3 is 0 Å². The molecule has 2 aromatic carbocycles. The first-order valence-electron chi connectivity index (χ1n) is 7.00. The van der Waals surface area contributed by atoms with E-state index in [9.17, 15) is 4.79 Å². The second-order valence-electron chi connectivity index (χ2n) is 5.32. The van der Waals surface area contributed by atoms with Gasteiger partial charge in [-0.05, 0) is 30.2 Å². The predicted octanol–water partition coefficient (Wildman–Crippen LogP) is 3.78. The third-order valence-electron chi connectivity index (χ3n) is 4.20. The summed E-state index contributed by atoms with van der Waals surface area (Å²) in [5.41, 5.74) is 2.20. The third-order valence-corrected chi connectivity index (χ3v) is 5.71. The highest BCUT2D eigenvalue weighted by molar-refractivity contribution is 8.01. The van der Waals surface area contributed by atoms with E-state index in [4.69, 9.17) is 4.74 Å². The van der Waals surface area contributed by atoms with Crippen LogP contribution in [0.1, 0.15) is 18.4 Å². The molecular weight excluding hydrogens is 282 g/mol. The van der Waals surface area contributed by atoms with Crippen LogP contribution in [0.15, 0.2) is 53.4 Å². The maximum Gasteiger partial charge on any atom is 0.228 e. The van der Waals surface area contributed by atoms with Crippen LogP contribution in [-0.2, 0) is 9.67 Å². The Hall–Kier alpha value is -1.94. The molecule has 0 aromatic heterocycles. The number of amides is 1. The fourth-order valence-electron chi connectivity index (χ4n) is 3.23. The molecule has 0 N–H and O–H groups in total. The van der Waals surface area contributed by atoms with Gasteiger partial charge in [0.1, 0.15) is 10.6 Å². The number of thioether (sulfide) groups is 1. The monoisotopic (exact) mass is 297 g/mol. The molecule has 1 atom stereocenters. The number of rotatable bonds is 2. The van der Waals surface area contributed by atoms with E-state index in [0.717, 1.165) is 22.8 Å². The largest absolute Gasteiger partial charge is 0.497 e. The molecule has 0 bridgehead atoms. The van der Waals surface area contributed by atoms with Gasteiger partial charge in [-0.3, -0.25) is 9.69 Å². The zero-order valence-corrected chi connectivity index (χ0v) is 12.5. The minimum atomic E-state index is -0.285. The van der Waals surface area contributed by atoms with Crippen LogP contribution in [0.2, 0.25) is 0 Å². The number of ether oxygens (including phenoxy) is 1. The van der Waals surface area contributed by atoms with Gasteiger partial charge in [0.25, 0.3) is 0 Å². The lowest BCUT2D eigenvalue weighted by Gasteiger charge is -2.31. The molecule has 0 radical (unpaired) electrons. The van der Waals surface area contributed by atoms with Crippen molar-refractivity contribution in [2.45, 2.75) is 22.6 Å². The van der Waals surface area contributed by atoms with Crippen LogP contribution in [0.25, 0.3) is 0 Å². The Labute approximate surface area is 127 Å². The molecular formula is C17H15NO2S. The first-order chi connectivity index (χ1) is 10.2. The molecule has 4 heteroatoms. The molecule has 0 aliphatic carbocycles. The number of anilines is 1. The molecule has 4 rings (SSSR count). The number of hydrogen-bond acceptors (Lipinski definition) is 3. The smallest absolute Gasteiger partial charge is 0.228 e. The lowest BCUT2D eigenvalue weighted by molar-refractivity contribution is -0.117. The summed E-state index contributed by atoms with van der Waals surface area (Å²) in [5.74, 6) is 1.04. The van der Waals surface area contributed by atoms with Gasteiger partial charge in [-0.1, -0.05) is 42.1 Å². The van der Waals surface area contributed by atoms with E-state index in [1.54, 1.807) is 18.9 Å². The molecule has 21 heavy (non-hydrogen) atoms. The summed E-state index contributed by atoms with van der Waals surface area (Å²) >= 11 is 1.77. The molecule has 2 aliphatic heterocycles. The van der Waals surface area contributed by atoms with E-state index in [-0.39, 0.29) is 10.8 Å². The number of methoxy groups -OCH3 is 1. The first kappa shape index (κ1) is 12.8. The highest BCUT2D eigenvalue weighted by atomic mass is 32.2. The van der Waals surface area contributed by atoms with Crippen molar-refractivity contribution >= 4 is 23.4 Å². The Kier molecular flexibility index (Phi) is 2.76. The van der Waals surface area contributed by atoms with Crippen molar-refractivity contribution in [2.75, 3.05) is 12.0 Å². The van der Waals surface area contributed by atoms with Crippen LogP contribution < -0.4 is 9.64 Å². The van der Waals surface area contributed by atoms with Crippen molar-refractivity contribution in [3.8, 4) is 5.75 Å². The zero-order valence-electron chi connectivity index (χ0n) is 11.7. The van der Waals surface area contributed by atoms with Gasteiger partial charge in [0.15, 0.2) is 0 Å². The molecule has 2 heterocycles. The Morgan fingerprint density at radius 1 is 1.19 bits per heavy atom. The first-order valence-corrected chi connectivity index (χ1v) is 7.82. The second-order valence-corrected chi connectivity index (χ2v) is 6.63. The lowest BCUT2D eigenvalue weighted by atomic mass is 10.0. The molecule has 106 valence electrons. The Morgan fingerprint density at radius 2 is 2.00 bits per heavy atom. The van der Waals surface area contributed by atoms with Gasteiger partial charge < -0.3 is 4.74 Å². The quantitative estimate of drug-likeness (QED) is 0.845. The molecule has 1 unspecified atom stereocenters. The average Bonchev–Trinajstić information content (AvgIpc) is 3.03. The highest BCUT2D eigenvalue weighted by Gasteiger charge is 2.53. The zero-order chi connectivity index (χ0) is 14.4. The Balaban J connectivity index is 1.88. The summed E-state index contributed by atoms with van der Waals surface area (Å²) in [6, 6.07) is 16.3. The van der Waals surface area contributed by atoms with Gasteiger partial charge in [0.05, 0.1) is 12.8 Å². The molecule has 1 amide bonds. The molecule has 1 fully saturated rings. The maximum atomic E-state index is 12.4. The number of carbonyl (C=O) groups is 1. The summed E-state index contributed by atoms with van der Waals surface area (Å²) in [6.07, 6.45) is 1.45. The fraction of sp³-hybridized carbons (Fsp3) is 0.235. The number of fused-ring (bicyclic) bond motifs is 3. The number of benzene rings is 2. The van der Waals surface area contributed by atoms with Crippen LogP contribution >= 0.6 is 11.8 Å². The molecule has 2 aromatic rings. The summed E-state index contributed by atoms with van der Waals surface area (Å²) in [5, 5.41) is 0. The van der Waals surface area contributed by atoms with Gasteiger partial charge in [-0.25, -0.2) is 0 Å². The minimum absolute atomic E-state index is 0.204. The number of hydrogen-bond donors (Lipinski definition) is 0. The lowest BCUT2D eigenvalue weighted by Crippen LogP contribution is -2.37. The number of carbonyl (C=O) groups excluding carboxylic acids is 1. The predicted molar refractivity (Wildman–Crippen MR) is 83.7 cm³/mol. The van der Waals surface area contributed by atoms with Crippen LogP contribution in [0.4, 0.5) is 5.69 Å². The van der Waals surface area contributed by atoms with Crippen molar-refractivity contribution < 1.29 is 9.53 Å². The van der Waals surface area contributed by atoms with Crippen molar-refractivity contribution in [2.24, 2.45) is 0 Å². The maximum absolute atomic E-state index is 12.4. The molecule has 2 aliphatic rings. The van der Waals surface area contributed by atoms with Gasteiger partial charge in [0, 0.05) is 11.3 Å². The van der Waals surface area contributed by atoms with E-state index in [0.29, 0.717) is 6.42 Å².